The van der Waals surface area contributed by atoms with Crippen molar-refractivity contribution in [2.75, 3.05) is 0 Å². The number of aromatic nitrogens is 5. The van der Waals surface area contributed by atoms with Gasteiger partial charge in [-0.1, -0.05) is 272 Å². The molecule has 0 fully saturated rings. The molecule has 536 valence electrons. The average Bonchev–Trinajstić information content (AvgIpc) is 1.59. The quantitative estimate of drug-likeness (QED) is 0.168. The lowest BCUT2D eigenvalue weighted by atomic mass is 9.85. The summed E-state index contributed by atoms with van der Waals surface area (Å²) in [6, 6.07) is 108. The van der Waals surface area contributed by atoms with E-state index in [-0.39, 0.29) is 33.0 Å². The van der Waals surface area contributed by atoms with Gasteiger partial charge in [0, 0.05) is 126 Å². The molecule has 0 amide bonds. The lowest BCUT2D eigenvalue weighted by Crippen LogP contribution is -2.22. The summed E-state index contributed by atoms with van der Waals surface area (Å²) in [5.41, 5.74) is 25.0. The van der Waals surface area contributed by atoms with Crippen LogP contribution in [0.3, 0.4) is 0 Å². The molecule has 0 aliphatic rings. The minimum atomic E-state index is -0.0598. The van der Waals surface area contributed by atoms with E-state index in [1.807, 2.05) is 0 Å². The number of para-hydroxylation sites is 7. The van der Waals surface area contributed by atoms with Crippen molar-refractivity contribution in [1.29, 1.82) is 0 Å². The number of fused-ring (bicyclic) bond motifs is 15. The Labute approximate surface area is 633 Å². The predicted molar refractivity (Wildman–Crippen MR) is 466 cm³/mol. The highest BCUT2D eigenvalue weighted by Gasteiger charge is 2.29. The van der Waals surface area contributed by atoms with Gasteiger partial charge >= 0.3 is 0 Å². The fraction of sp³-hybridized carbons (Fsp3) is 0.235. The largest absolute Gasteiger partial charge is 0.335 e. The highest BCUT2D eigenvalue weighted by molar-refractivity contribution is 6.17. The van der Waals surface area contributed by atoms with Gasteiger partial charge in [0.2, 0.25) is 0 Å². The molecule has 0 spiro atoms. The monoisotopic (exact) mass is 1400 g/mol. The number of hydrogen-bond donors (Lipinski definition) is 0. The summed E-state index contributed by atoms with van der Waals surface area (Å²) >= 11 is 0. The van der Waals surface area contributed by atoms with E-state index in [2.05, 4.69) is 445 Å². The Kier molecular flexibility index (Phi) is 18.0. The van der Waals surface area contributed by atoms with Gasteiger partial charge in [0.25, 0.3) is 0 Å². The van der Waals surface area contributed by atoms with Crippen molar-refractivity contribution < 1.29 is 0 Å². The van der Waals surface area contributed by atoms with Gasteiger partial charge in [0.05, 0.1) is 27.6 Å². The molecule has 0 aliphatic carbocycles. The first-order chi connectivity index (χ1) is 51.0. The van der Waals surface area contributed by atoms with Crippen LogP contribution in [-0.2, 0) is 33.0 Å². The molecule has 0 aliphatic heterocycles. The van der Waals surface area contributed by atoms with E-state index in [4.69, 9.17) is 0 Å². The Morgan fingerprint density at radius 3 is 0.804 bits per heavy atom. The Morgan fingerprint density at radius 2 is 0.449 bits per heavy atom. The molecule has 0 radical (unpaired) electrons. The van der Waals surface area contributed by atoms with Gasteiger partial charge in [-0.2, -0.15) is 0 Å². The molecular formula is C102H103N5. The van der Waals surface area contributed by atoms with Crippen molar-refractivity contribution in [3.05, 3.63) is 308 Å². The Morgan fingerprint density at radius 1 is 0.187 bits per heavy atom. The van der Waals surface area contributed by atoms with Crippen LogP contribution in [0, 0.1) is 0 Å². The maximum absolute atomic E-state index is 2.54. The van der Waals surface area contributed by atoms with Crippen molar-refractivity contribution in [2.45, 2.75) is 158 Å². The third kappa shape index (κ3) is 13.1. The molecular weight excluding hydrogens is 1300 g/mol. The van der Waals surface area contributed by atoms with E-state index in [1.54, 1.807) is 0 Å². The van der Waals surface area contributed by atoms with Crippen LogP contribution in [0.15, 0.2) is 297 Å². The third-order valence-electron chi connectivity index (χ3n) is 21.4. The second-order valence-electron chi connectivity index (χ2n) is 35.3. The molecule has 0 N–H and O–H groups in total. The fourth-order valence-electron chi connectivity index (χ4n) is 16.8. The summed E-state index contributed by atoms with van der Waals surface area (Å²) in [5, 5.41) is 13.3. The molecule has 107 heavy (non-hydrogen) atoms. The smallest absolute Gasteiger partial charge is 0.0576 e. The number of rotatable bonds is 4. The first-order valence-electron chi connectivity index (χ1n) is 38.3. The van der Waals surface area contributed by atoms with Gasteiger partial charge in [-0.3, -0.25) is 0 Å². The first kappa shape index (κ1) is 71.5. The second-order valence-corrected chi connectivity index (χ2v) is 35.3. The topological polar surface area (TPSA) is 24.6 Å². The zero-order chi connectivity index (χ0) is 75.3. The average molecular weight is 1400 g/mol. The highest BCUT2D eigenvalue weighted by atomic mass is 15.1. The fourth-order valence-corrected chi connectivity index (χ4v) is 16.8. The van der Waals surface area contributed by atoms with Crippen LogP contribution in [0.1, 0.15) is 136 Å². The molecule has 0 atom stereocenters. The predicted octanol–water partition coefficient (Wildman–Crippen LogP) is 28.9. The normalized spacial score (nSPS) is 12.6. The van der Waals surface area contributed by atoms with Crippen LogP contribution in [0.2, 0.25) is 0 Å². The van der Waals surface area contributed by atoms with E-state index in [0.717, 1.165) is 0 Å². The molecule has 0 bridgehead atoms. The van der Waals surface area contributed by atoms with E-state index in [0.29, 0.717) is 0 Å². The van der Waals surface area contributed by atoms with Crippen molar-refractivity contribution >= 4 is 109 Å². The lowest BCUT2D eigenvalue weighted by molar-refractivity contribution is 0.423. The van der Waals surface area contributed by atoms with Crippen molar-refractivity contribution in [1.82, 2.24) is 22.8 Å². The van der Waals surface area contributed by atoms with E-state index in [1.165, 1.54) is 159 Å². The summed E-state index contributed by atoms with van der Waals surface area (Å²) in [6.07, 6.45) is 0. The zero-order valence-electron chi connectivity index (χ0n) is 66.0. The maximum Gasteiger partial charge on any atom is 0.0576 e. The summed E-state index contributed by atoms with van der Waals surface area (Å²) in [5.74, 6) is 0. The standard InChI is InChI=1S/C28H24N2.C28H25N.C24H33N.C22H21N/c1-28(2,3)30-26-15-9-6-12-22(26)23-18-19(16-17-27(23)30)29-24-13-7-4-10-20(24)21-11-5-8-14-25(21)29;1-28(2,3)29-26-22(20-12-6-4-7-13-20)16-10-18-24(26)25-19-11-17-23(27(25)29)21-14-8-5-9-15-21;1-22(2,3)16-10-12-20-18(14-16)19-15-17(23(4,5)6)11-13-21(19)25(20)24(7,8)9;1-22(2,3)23-20-15-8-7-12-18(20)19-14-9-13-17(21(19)23)16-10-5-4-6-11-16/h4-18H,1-3H3;4-19H,1-3H3;10-15H,1-9H3;4-15H,1-3H3. The zero-order valence-corrected chi connectivity index (χ0v) is 66.0. The van der Waals surface area contributed by atoms with Gasteiger partial charge in [-0.05, 0) is 188 Å². The Hall–Kier alpha value is -11.1. The molecule has 5 nitrogen and oxygen atoms in total. The summed E-state index contributed by atoms with van der Waals surface area (Å²) < 4.78 is 12.4. The first-order valence-corrected chi connectivity index (χ1v) is 38.3. The van der Waals surface area contributed by atoms with Gasteiger partial charge in [-0.25, -0.2) is 0 Å². The lowest BCUT2D eigenvalue weighted by Gasteiger charge is -2.26. The SMILES string of the molecule is CC(C)(C)c1ccc2c(c1)c1cc(C(C)(C)C)ccc1n2C(C)(C)C.CC(C)(C)n1c2c(-c3ccccc3)cccc2c2cccc(-c3ccccc3)c21.CC(C)(C)n1c2ccccc2c2cc(-n3c4ccccc4c4ccccc43)ccc21.CC(C)(C)n1c2ccccc2c2cccc(-c3ccccc3)c21. The third-order valence-corrected chi connectivity index (χ3v) is 21.4. The molecule has 0 saturated carbocycles. The van der Waals surface area contributed by atoms with E-state index >= 15 is 0 Å². The molecule has 5 heterocycles. The minimum absolute atomic E-state index is 0.00964. The minimum Gasteiger partial charge on any atom is -0.335 e. The summed E-state index contributed by atoms with van der Waals surface area (Å²) in [7, 11) is 0. The van der Waals surface area contributed by atoms with E-state index < -0.39 is 0 Å². The number of nitrogens with zero attached hydrogens (tertiary/aromatic N) is 5. The van der Waals surface area contributed by atoms with Gasteiger partial charge in [0.15, 0.2) is 0 Å². The molecule has 18 aromatic rings. The van der Waals surface area contributed by atoms with Crippen molar-refractivity contribution in [3.63, 3.8) is 0 Å². The summed E-state index contributed by atoms with van der Waals surface area (Å²) in [6.45, 7) is 41.2. The van der Waals surface area contributed by atoms with Crippen molar-refractivity contribution in [2.24, 2.45) is 0 Å². The van der Waals surface area contributed by atoms with Crippen molar-refractivity contribution in [3.8, 4) is 39.1 Å². The second kappa shape index (κ2) is 27.0. The van der Waals surface area contributed by atoms with Gasteiger partial charge in [-0.15, -0.1) is 0 Å². The highest BCUT2D eigenvalue weighted by Crippen LogP contribution is 2.46. The van der Waals surface area contributed by atoms with Gasteiger partial charge < -0.3 is 22.8 Å². The summed E-state index contributed by atoms with van der Waals surface area (Å²) in [4.78, 5) is 0. The molecule has 5 heteroatoms. The number of benzene rings is 13. The molecule has 18 rings (SSSR count). The van der Waals surface area contributed by atoms with Crippen LogP contribution in [-0.4, -0.2) is 22.8 Å². The van der Waals surface area contributed by atoms with Crippen LogP contribution in [0.25, 0.3) is 148 Å². The molecule has 5 aromatic heterocycles. The van der Waals surface area contributed by atoms with Crippen LogP contribution < -0.4 is 0 Å². The molecule has 13 aromatic carbocycles. The Balaban J connectivity index is 0.000000115. The maximum atomic E-state index is 2.54. The molecule has 0 unspecified atom stereocenters. The number of hydrogen-bond acceptors (Lipinski definition) is 0. The van der Waals surface area contributed by atoms with E-state index in [9.17, 15) is 0 Å². The van der Waals surface area contributed by atoms with Crippen LogP contribution in [0.5, 0.6) is 0 Å². The van der Waals surface area contributed by atoms with Crippen LogP contribution >= 0.6 is 0 Å². The van der Waals surface area contributed by atoms with Gasteiger partial charge in [0.1, 0.15) is 0 Å². The Bertz CT molecular complexity index is 6120. The van der Waals surface area contributed by atoms with Crippen LogP contribution in [0.4, 0.5) is 0 Å². The molecule has 0 saturated heterocycles.